The molecule has 2 aromatic heterocycles. The predicted octanol–water partition coefficient (Wildman–Crippen LogP) is 1.55. The van der Waals surface area contributed by atoms with Crippen molar-refractivity contribution in [1.82, 2.24) is 15.3 Å². The maximum atomic E-state index is 12.4. The highest BCUT2D eigenvalue weighted by atomic mass is 32.1. The molecular weight excluding hydrogens is 286 g/mol. The van der Waals surface area contributed by atoms with E-state index in [1.165, 1.54) is 17.5 Å². The topological polar surface area (TPSA) is 75.1 Å². The van der Waals surface area contributed by atoms with E-state index in [2.05, 4.69) is 27.1 Å². The number of amides is 1. The van der Waals surface area contributed by atoms with Gasteiger partial charge in [-0.3, -0.25) is 4.79 Å². The summed E-state index contributed by atoms with van der Waals surface area (Å²) in [5.74, 6) is 4.93. The molecule has 6 heteroatoms. The molecule has 0 saturated heterocycles. The Hall–Kier alpha value is -2.23. The van der Waals surface area contributed by atoms with Crippen LogP contribution in [0.4, 0.5) is 0 Å². The monoisotopic (exact) mass is 301 g/mol. The SMILES string of the molecule is CC(C)(NC(=O)c1ncccc1C#CCO)c1nccs1. The first-order valence-corrected chi connectivity index (χ1v) is 7.20. The van der Waals surface area contributed by atoms with E-state index in [0.29, 0.717) is 5.56 Å². The summed E-state index contributed by atoms with van der Waals surface area (Å²) in [6.07, 6.45) is 3.24. The van der Waals surface area contributed by atoms with E-state index in [9.17, 15) is 4.79 Å². The van der Waals surface area contributed by atoms with Gasteiger partial charge in [0.05, 0.1) is 11.1 Å². The number of thiazole rings is 1. The smallest absolute Gasteiger partial charge is 0.271 e. The zero-order valence-corrected chi connectivity index (χ0v) is 12.6. The van der Waals surface area contributed by atoms with Crippen LogP contribution in [0, 0.1) is 11.8 Å². The first kappa shape index (κ1) is 15.2. The summed E-state index contributed by atoms with van der Waals surface area (Å²) in [5.41, 5.74) is 0.131. The molecule has 0 radical (unpaired) electrons. The predicted molar refractivity (Wildman–Crippen MR) is 80.8 cm³/mol. The molecular formula is C15H15N3O2S. The summed E-state index contributed by atoms with van der Waals surface area (Å²) in [5, 5.41) is 14.4. The minimum atomic E-state index is -0.593. The molecule has 0 fully saturated rings. The van der Waals surface area contributed by atoms with Crippen LogP contribution < -0.4 is 5.32 Å². The van der Waals surface area contributed by atoms with Gasteiger partial charge in [0, 0.05) is 17.8 Å². The summed E-state index contributed by atoms with van der Waals surface area (Å²) in [6.45, 7) is 3.50. The van der Waals surface area contributed by atoms with E-state index in [-0.39, 0.29) is 18.2 Å². The van der Waals surface area contributed by atoms with Crippen LogP contribution in [0.5, 0.6) is 0 Å². The second-order valence-electron chi connectivity index (χ2n) is 4.78. The Morgan fingerprint density at radius 3 is 2.90 bits per heavy atom. The van der Waals surface area contributed by atoms with Crippen molar-refractivity contribution in [3.63, 3.8) is 0 Å². The molecule has 2 rings (SSSR count). The van der Waals surface area contributed by atoms with Gasteiger partial charge in [-0.1, -0.05) is 11.8 Å². The molecule has 0 aliphatic rings. The molecule has 0 unspecified atom stereocenters. The van der Waals surface area contributed by atoms with Crippen LogP contribution in [0.1, 0.15) is 34.9 Å². The molecule has 0 spiro atoms. The molecule has 21 heavy (non-hydrogen) atoms. The van der Waals surface area contributed by atoms with Crippen LogP contribution in [0.15, 0.2) is 29.9 Å². The van der Waals surface area contributed by atoms with E-state index in [1.807, 2.05) is 19.2 Å². The number of nitrogens with one attached hydrogen (secondary N) is 1. The van der Waals surface area contributed by atoms with Gasteiger partial charge in [0.15, 0.2) is 0 Å². The average molecular weight is 301 g/mol. The fraction of sp³-hybridized carbons (Fsp3) is 0.267. The van der Waals surface area contributed by atoms with Crippen LogP contribution in [0.2, 0.25) is 0 Å². The van der Waals surface area contributed by atoms with Crippen LogP contribution >= 0.6 is 11.3 Å². The molecule has 0 aliphatic heterocycles. The van der Waals surface area contributed by atoms with Gasteiger partial charge >= 0.3 is 0 Å². The maximum absolute atomic E-state index is 12.4. The zero-order valence-electron chi connectivity index (χ0n) is 11.8. The number of aromatic nitrogens is 2. The molecule has 108 valence electrons. The van der Waals surface area contributed by atoms with Gasteiger partial charge in [-0.05, 0) is 26.0 Å². The van der Waals surface area contributed by atoms with Crippen LogP contribution in [0.3, 0.4) is 0 Å². The van der Waals surface area contributed by atoms with Crippen molar-refractivity contribution in [1.29, 1.82) is 0 Å². The van der Waals surface area contributed by atoms with E-state index in [0.717, 1.165) is 5.01 Å². The van der Waals surface area contributed by atoms with Gasteiger partial charge < -0.3 is 10.4 Å². The van der Waals surface area contributed by atoms with Gasteiger partial charge in [-0.2, -0.15) is 0 Å². The summed E-state index contributed by atoms with van der Waals surface area (Å²) < 4.78 is 0. The van der Waals surface area contributed by atoms with Crippen molar-refractivity contribution in [3.05, 3.63) is 46.2 Å². The number of nitrogens with zero attached hydrogens (tertiary/aromatic N) is 2. The molecule has 2 aromatic rings. The molecule has 1 amide bonds. The minimum Gasteiger partial charge on any atom is -0.384 e. The summed E-state index contributed by atoms with van der Waals surface area (Å²) in [4.78, 5) is 20.7. The molecule has 0 bridgehead atoms. The van der Waals surface area contributed by atoms with E-state index >= 15 is 0 Å². The van der Waals surface area contributed by atoms with Crippen molar-refractivity contribution in [2.75, 3.05) is 6.61 Å². The Morgan fingerprint density at radius 1 is 1.43 bits per heavy atom. The van der Waals surface area contributed by atoms with E-state index in [4.69, 9.17) is 5.11 Å². The molecule has 5 nitrogen and oxygen atoms in total. The van der Waals surface area contributed by atoms with Crippen molar-refractivity contribution >= 4 is 17.2 Å². The quantitative estimate of drug-likeness (QED) is 0.843. The van der Waals surface area contributed by atoms with Crippen LogP contribution in [-0.2, 0) is 5.54 Å². The highest BCUT2D eigenvalue weighted by molar-refractivity contribution is 7.09. The van der Waals surface area contributed by atoms with E-state index in [1.54, 1.807) is 18.3 Å². The lowest BCUT2D eigenvalue weighted by Crippen LogP contribution is -2.41. The standard InChI is InChI=1S/C15H15N3O2S/c1-15(2,14-17-8-10-21-14)18-13(20)12-11(6-4-9-19)5-3-7-16-12/h3,5,7-8,10,19H,9H2,1-2H3,(H,18,20). The molecule has 2 N–H and O–H groups in total. The highest BCUT2D eigenvalue weighted by Crippen LogP contribution is 2.22. The lowest BCUT2D eigenvalue weighted by atomic mass is 10.1. The highest BCUT2D eigenvalue weighted by Gasteiger charge is 2.27. The maximum Gasteiger partial charge on any atom is 0.271 e. The number of carbonyl (C=O) groups is 1. The summed E-state index contributed by atoms with van der Waals surface area (Å²) >= 11 is 1.48. The number of aliphatic hydroxyl groups is 1. The van der Waals surface area contributed by atoms with Crippen LogP contribution in [-0.4, -0.2) is 27.6 Å². The van der Waals surface area contributed by atoms with Gasteiger partial charge in [-0.15, -0.1) is 11.3 Å². The Bertz CT molecular complexity index is 684. The number of aliphatic hydroxyl groups excluding tert-OH is 1. The molecule has 0 saturated carbocycles. The first-order chi connectivity index (χ1) is 10.0. The lowest BCUT2D eigenvalue weighted by Gasteiger charge is -2.23. The average Bonchev–Trinajstić information content (AvgIpc) is 3.00. The third-order valence-corrected chi connectivity index (χ3v) is 3.81. The number of hydrogen-bond donors (Lipinski definition) is 2. The fourth-order valence-corrected chi connectivity index (χ4v) is 2.47. The third kappa shape index (κ3) is 3.66. The Kier molecular flexibility index (Phi) is 4.68. The summed E-state index contributed by atoms with van der Waals surface area (Å²) in [6, 6.07) is 3.39. The number of hydrogen-bond acceptors (Lipinski definition) is 5. The van der Waals surface area contributed by atoms with Gasteiger partial charge in [-0.25, -0.2) is 9.97 Å². The second-order valence-corrected chi connectivity index (χ2v) is 5.67. The zero-order chi connectivity index (χ0) is 15.3. The van der Waals surface area contributed by atoms with Gasteiger partial charge in [0.2, 0.25) is 0 Å². The Labute approximate surface area is 127 Å². The van der Waals surface area contributed by atoms with E-state index < -0.39 is 5.54 Å². The Morgan fingerprint density at radius 2 is 2.24 bits per heavy atom. The first-order valence-electron chi connectivity index (χ1n) is 6.32. The minimum absolute atomic E-state index is 0.239. The van der Waals surface area contributed by atoms with Gasteiger partial charge in [0.1, 0.15) is 17.3 Å². The number of carbonyl (C=O) groups excluding carboxylic acids is 1. The normalized spacial score (nSPS) is 10.6. The largest absolute Gasteiger partial charge is 0.384 e. The van der Waals surface area contributed by atoms with Crippen molar-refractivity contribution < 1.29 is 9.90 Å². The van der Waals surface area contributed by atoms with Crippen molar-refractivity contribution in [2.45, 2.75) is 19.4 Å². The molecule has 0 aliphatic carbocycles. The summed E-state index contributed by atoms with van der Waals surface area (Å²) in [7, 11) is 0. The second kappa shape index (κ2) is 6.48. The Balaban J connectivity index is 2.25. The third-order valence-electron chi connectivity index (χ3n) is 2.72. The van der Waals surface area contributed by atoms with Crippen LogP contribution in [0.25, 0.3) is 0 Å². The van der Waals surface area contributed by atoms with Crippen molar-refractivity contribution in [2.24, 2.45) is 0 Å². The van der Waals surface area contributed by atoms with Crippen molar-refractivity contribution in [3.8, 4) is 11.8 Å². The lowest BCUT2D eigenvalue weighted by molar-refractivity contribution is 0.0906. The van der Waals surface area contributed by atoms with Gasteiger partial charge in [0.25, 0.3) is 5.91 Å². The molecule has 0 atom stereocenters. The number of rotatable bonds is 3. The molecule has 0 aromatic carbocycles. The number of pyridine rings is 1. The molecule has 2 heterocycles. The fourth-order valence-electron chi connectivity index (χ4n) is 1.75.